The highest BCUT2D eigenvalue weighted by atomic mass is 19.1. The average molecular weight is 234 g/mol. The Morgan fingerprint density at radius 3 is 2.82 bits per heavy atom. The summed E-state index contributed by atoms with van der Waals surface area (Å²) in [6.45, 7) is 2.14. The first-order chi connectivity index (χ1) is 8.16. The Bertz CT molecular complexity index is 527. The van der Waals surface area contributed by atoms with Crippen LogP contribution in [0.2, 0.25) is 0 Å². The van der Waals surface area contributed by atoms with Crippen LogP contribution in [0.1, 0.15) is 11.1 Å². The molecule has 0 unspecified atom stereocenters. The molecule has 0 aliphatic carbocycles. The molecule has 0 radical (unpaired) electrons. The van der Waals surface area contributed by atoms with E-state index >= 15 is 0 Å². The Balaban J connectivity index is 2.12. The third-order valence-corrected chi connectivity index (χ3v) is 2.50. The van der Waals surface area contributed by atoms with E-state index in [1.165, 1.54) is 6.07 Å². The minimum absolute atomic E-state index is 0.244. The lowest BCUT2D eigenvalue weighted by atomic mass is 10.2. The molecule has 0 amide bonds. The smallest absolute Gasteiger partial charge is 0.128 e. The second-order valence-corrected chi connectivity index (χ2v) is 3.78. The van der Waals surface area contributed by atoms with Crippen LogP contribution in [-0.4, -0.2) is 4.98 Å². The Hall–Kier alpha value is -1.97. The van der Waals surface area contributed by atoms with E-state index in [2.05, 4.69) is 10.3 Å². The molecule has 2 nitrogen and oxygen atoms in total. The van der Waals surface area contributed by atoms with Crippen molar-refractivity contribution in [1.82, 2.24) is 4.98 Å². The lowest BCUT2D eigenvalue weighted by Crippen LogP contribution is -2.03. The normalized spacial score (nSPS) is 10.3. The van der Waals surface area contributed by atoms with Crippen molar-refractivity contribution >= 4 is 5.69 Å². The Morgan fingerprint density at radius 2 is 2.06 bits per heavy atom. The van der Waals surface area contributed by atoms with Crippen molar-refractivity contribution in [3.63, 3.8) is 0 Å². The molecule has 17 heavy (non-hydrogen) atoms. The van der Waals surface area contributed by atoms with Crippen molar-refractivity contribution in [2.24, 2.45) is 0 Å². The number of halogens is 2. The number of aryl methyl sites for hydroxylation is 1. The first-order valence-electron chi connectivity index (χ1n) is 5.25. The standard InChI is InChI=1S/C13H12F2N2/c1-9-7-16-5-4-13(9)17-8-10-6-11(14)2-3-12(10)15/h2-7H,8H2,1H3,(H,16,17). The van der Waals surface area contributed by atoms with Gasteiger partial charge in [-0.1, -0.05) is 0 Å². The fraction of sp³-hybridized carbons (Fsp3) is 0.154. The van der Waals surface area contributed by atoms with Gasteiger partial charge in [-0.3, -0.25) is 4.98 Å². The van der Waals surface area contributed by atoms with E-state index in [4.69, 9.17) is 0 Å². The summed E-state index contributed by atoms with van der Waals surface area (Å²) in [5, 5.41) is 3.05. The molecule has 0 fully saturated rings. The van der Waals surface area contributed by atoms with E-state index in [-0.39, 0.29) is 6.54 Å². The number of hydrogen-bond acceptors (Lipinski definition) is 2. The van der Waals surface area contributed by atoms with Gasteiger partial charge in [-0.15, -0.1) is 0 Å². The van der Waals surface area contributed by atoms with Crippen molar-refractivity contribution in [1.29, 1.82) is 0 Å². The van der Waals surface area contributed by atoms with Gasteiger partial charge in [-0.25, -0.2) is 8.78 Å². The zero-order valence-electron chi connectivity index (χ0n) is 9.37. The maximum absolute atomic E-state index is 13.4. The third kappa shape index (κ3) is 2.78. The molecule has 0 aliphatic heterocycles. The van der Waals surface area contributed by atoms with Crippen molar-refractivity contribution in [3.8, 4) is 0 Å². The number of hydrogen-bond donors (Lipinski definition) is 1. The average Bonchev–Trinajstić information content (AvgIpc) is 2.32. The Morgan fingerprint density at radius 1 is 1.24 bits per heavy atom. The molecule has 0 bridgehead atoms. The largest absolute Gasteiger partial charge is 0.381 e. The molecule has 1 aromatic heterocycles. The maximum atomic E-state index is 13.4. The molecule has 0 saturated carbocycles. The molecule has 2 rings (SSSR count). The maximum Gasteiger partial charge on any atom is 0.128 e. The van der Waals surface area contributed by atoms with Crippen LogP contribution in [-0.2, 0) is 6.54 Å². The monoisotopic (exact) mass is 234 g/mol. The van der Waals surface area contributed by atoms with E-state index in [0.717, 1.165) is 23.4 Å². The van der Waals surface area contributed by atoms with Gasteiger partial charge in [0.2, 0.25) is 0 Å². The summed E-state index contributed by atoms with van der Waals surface area (Å²) < 4.78 is 26.3. The Kier molecular flexibility index (Phi) is 3.32. The molecule has 1 N–H and O–H groups in total. The van der Waals surface area contributed by atoms with Gasteiger partial charge >= 0.3 is 0 Å². The van der Waals surface area contributed by atoms with Crippen LogP contribution in [0.25, 0.3) is 0 Å². The van der Waals surface area contributed by atoms with Crippen LogP contribution in [0.15, 0.2) is 36.7 Å². The van der Waals surface area contributed by atoms with E-state index in [9.17, 15) is 8.78 Å². The highest BCUT2D eigenvalue weighted by molar-refractivity contribution is 5.49. The molecule has 0 spiro atoms. The minimum Gasteiger partial charge on any atom is -0.381 e. The number of anilines is 1. The van der Waals surface area contributed by atoms with Gasteiger partial charge in [0.05, 0.1) is 0 Å². The second kappa shape index (κ2) is 4.91. The van der Waals surface area contributed by atoms with Crippen LogP contribution < -0.4 is 5.32 Å². The van der Waals surface area contributed by atoms with Gasteiger partial charge in [-0.2, -0.15) is 0 Å². The summed E-state index contributed by atoms with van der Waals surface area (Å²) in [4.78, 5) is 3.96. The SMILES string of the molecule is Cc1cnccc1NCc1cc(F)ccc1F. The molecule has 1 heterocycles. The number of nitrogens with one attached hydrogen (secondary N) is 1. The van der Waals surface area contributed by atoms with Gasteiger partial charge in [0, 0.05) is 30.2 Å². The van der Waals surface area contributed by atoms with Crippen molar-refractivity contribution in [3.05, 3.63) is 59.4 Å². The zero-order valence-corrected chi connectivity index (χ0v) is 9.37. The van der Waals surface area contributed by atoms with Crippen LogP contribution in [0.3, 0.4) is 0 Å². The number of aromatic nitrogens is 1. The number of rotatable bonds is 3. The lowest BCUT2D eigenvalue weighted by molar-refractivity contribution is 0.587. The topological polar surface area (TPSA) is 24.9 Å². The van der Waals surface area contributed by atoms with Gasteiger partial charge in [0.25, 0.3) is 0 Å². The number of benzene rings is 1. The quantitative estimate of drug-likeness (QED) is 0.881. The van der Waals surface area contributed by atoms with E-state index in [0.29, 0.717) is 5.56 Å². The second-order valence-electron chi connectivity index (χ2n) is 3.78. The minimum atomic E-state index is -0.436. The molecule has 0 atom stereocenters. The lowest BCUT2D eigenvalue weighted by Gasteiger charge is -2.09. The third-order valence-electron chi connectivity index (χ3n) is 2.50. The highest BCUT2D eigenvalue weighted by Gasteiger charge is 2.04. The molecule has 4 heteroatoms. The predicted octanol–water partition coefficient (Wildman–Crippen LogP) is 3.28. The van der Waals surface area contributed by atoms with Crippen molar-refractivity contribution < 1.29 is 8.78 Å². The summed E-state index contributed by atoms with van der Waals surface area (Å²) in [6, 6.07) is 5.23. The van der Waals surface area contributed by atoms with Crippen LogP contribution in [0.5, 0.6) is 0 Å². The van der Waals surface area contributed by atoms with E-state index in [1.807, 2.05) is 6.92 Å². The van der Waals surface area contributed by atoms with Crippen LogP contribution in [0, 0.1) is 18.6 Å². The van der Waals surface area contributed by atoms with Gasteiger partial charge in [0.1, 0.15) is 11.6 Å². The van der Waals surface area contributed by atoms with Crippen molar-refractivity contribution in [2.75, 3.05) is 5.32 Å². The van der Waals surface area contributed by atoms with Gasteiger partial charge in [0.15, 0.2) is 0 Å². The Labute approximate surface area is 98.3 Å². The van der Waals surface area contributed by atoms with E-state index < -0.39 is 11.6 Å². The molecule has 0 saturated heterocycles. The van der Waals surface area contributed by atoms with Crippen LogP contribution >= 0.6 is 0 Å². The molecule has 2 aromatic rings. The number of nitrogens with zero attached hydrogens (tertiary/aromatic N) is 1. The first kappa shape index (κ1) is 11.5. The van der Waals surface area contributed by atoms with Gasteiger partial charge in [-0.05, 0) is 36.8 Å². The summed E-state index contributed by atoms with van der Waals surface area (Å²) in [5.74, 6) is -0.847. The predicted molar refractivity (Wildman–Crippen MR) is 62.7 cm³/mol. The molecule has 0 aliphatic rings. The summed E-state index contributed by atoms with van der Waals surface area (Å²) >= 11 is 0. The molecular formula is C13H12F2N2. The highest BCUT2D eigenvalue weighted by Crippen LogP contribution is 2.15. The zero-order chi connectivity index (χ0) is 12.3. The summed E-state index contributed by atoms with van der Waals surface area (Å²) in [7, 11) is 0. The van der Waals surface area contributed by atoms with Crippen LogP contribution in [0.4, 0.5) is 14.5 Å². The van der Waals surface area contributed by atoms with E-state index in [1.54, 1.807) is 18.5 Å². The first-order valence-corrected chi connectivity index (χ1v) is 5.25. The van der Waals surface area contributed by atoms with Gasteiger partial charge < -0.3 is 5.32 Å². The fourth-order valence-electron chi connectivity index (χ4n) is 1.54. The van der Waals surface area contributed by atoms with Crippen molar-refractivity contribution in [2.45, 2.75) is 13.5 Å². The summed E-state index contributed by atoms with van der Waals surface area (Å²) in [5.41, 5.74) is 2.13. The number of pyridine rings is 1. The molecule has 88 valence electrons. The molecule has 1 aromatic carbocycles. The fourth-order valence-corrected chi connectivity index (χ4v) is 1.54. The summed E-state index contributed by atoms with van der Waals surface area (Å²) in [6.07, 6.45) is 3.36. The molecular weight excluding hydrogens is 222 g/mol.